The third kappa shape index (κ3) is 2.49. The van der Waals surface area contributed by atoms with Gasteiger partial charge < -0.3 is 16.4 Å². The number of nitrogens with zero attached hydrogens (tertiary/aromatic N) is 3. The zero-order valence-electron chi connectivity index (χ0n) is 10.9. The summed E-state index contributed by atoms with van der Waals surface area (Å²) in [6.07, 6.45) is 4.23. The van der Waals surface area contributed by atoms with Crippen molar-refractivity contribution in [2.75, 3.05) is 36.8 Å². The van der Waals surface area contributed by atoms with Crippen molar-refractivity contribution >= 4 is 17.4 Å². The molecule has 3 rings (SSSR count). The normalized spacial score (nSPS) is 20.5. The molecule has 1 aliphatic carbocycles. The van der Waals surface area contributed by atoms with Crippen molar-refractivity contribution < 1.29 is 4.79 Å². The second-order valence-electron chi connectivity index (χ2n) is 5.26. The number of nitrogen functional groups attached to an aromatic ring is 1. The molecule has 0 aromatic carbocycles. The van der Waals surface area contributed by atoms with Crippen LogP contribution in [0.15, 0.2) is 12.3 Å². The highest BCUT2D eigenvalue weighted by Gasteiger charge is 2.32. The molecule has 0 bridgehead atoms. The average molecular weight is 261 g/mol. The molecule has 19 heavy (non-hydrogen) atoms. The van der Waals surface area contributed by atoms with Crippen molar-refractivity contribution in [3.8, 4) is 0 Å². The number of hydrogen-bond acceptors (Lipinski definition) is 5. The van der Waals surface area contributed by atoms with Crippen LogP contribution in [0, 0.1) is 0 Å². The summed E-state index contributed by atoms with van der Waals surface area (Å²) in [5.74, 6) is 0.191. The summed E-state index contributed by atoms with van der Waals surface area (Å²) in [7, 11) is 0. The molecule has 1 aromatic rings. The lowest BCUT2D eigenvalue weighted by Gasteiger charge is -2.36. The van der Waals surface area contributed by atoms with Crippen molar-refractivity contribution in [1.29, 1.82) is 0 Å². The summed E-state index contributed by atoms with van der Waals surface area (Å²) in [4.78, 5) is 20.4. The summed E-state index contributed by atoms with van der Waals surface area (Å²) < 4.78 is 0. The highest BCUT2D eigenvalue weighted by Crippen LogP contribution is 2.29. The van der Waals surface area contributed by atoms with E-state index < -0.39 is 5.91 Å². The maximum Gasteiger partial charge on any atom is 0.252 e. The number of pyridine rings is 1. The van der Waals surface area contributed by atoms with Gasteiger partial charge in [0.1, 0.15) is 5.82 Å². The molecule has 1 saturated carbocycles. The summed E-state index contributed by atoms with van der Waals surface area (Å²) >= 11 is 0. The predicted molar refractivity (Wildman–Crippen MR) is 74.0 cm³/mol. The molecule has 6 heteroatoms. The number of carbonyl (C=O) groups excluding carboxylic acids is 1. The molecule has 0 radical (unpaired) electrons. The van der Waals surface area contributed by atoms with E-state index in [0.29, 0.717) is 17.1 Å². The largest absolute Gasteiger partial charge is 0.397 e. The first-order valence-electron chi connectivity index (χ1n) is 6.69. The molecule has 6 nitrogen and oxygen atoms in total. The van der Waals surface area contributed by atoms with Gasteiger partial charge in [-0.1, -0.05) is 0 Å². The molecule has 2 aliphatic rings. The van der Waals surface area contributed by atoms with Crippen LogP contribution in [-0.2, 0) is 0 Å². The first-order chi connectivity index (χ1) is 9.15. The smallest absolute Gasteiger partial charge is 0.252 e. The zero-order chi connectivity index (χ0) is 13.4. The SMILES string of the molecule is NC(=O)c1cc(N)cnc1N1CCN(C2CC2)CC1. The van der Waals surface area contributed by atoms with E-state index in [4.69, 9.17) is 11.5 Å². The van der Waals surface area contributed by atoms with Crippen molar-refractivity contribution in [3.05, 3.63) is 17.8 Å². The first-order valence-corrected chi connectivity index (χ1v) is 6.69. The summed E-state index contributed by atoms with van der Waals surface area (Å²) in [5, 5.41) is 0. The molecule has 4 N–H and O–H groups in total. The number of carbonyl (C=O) groups is 1. The molecular formula is C13H19N5O. The van der Waals surface area contributed by atoms with Crippen molar-refractivity contribution in [3.63, 3.8) is 0 Å². The van der Waals surface area contributed by atoms with Gasteiger partial charge in [0.2, 0.25) is 0 Å². The number of aromatic nitrogens is 1. The highest BCUT2D eigenvalue weighted by molar-refractivity contribution is 5.98. The Bertz CT molecular complexity index is 492. The Hall–Kier alpha value is -1.82. The number of nitrogens with two attached hydrogens (primary N) is 2. The fraction of sp³-hybridized carbons (Fsp3) is 0.538. The standard InChI is InChI=1S/C13H19N5O/c14-9-7-11(12(15)19)13(16-8-9)18-5-3-17(4-6-18)10-1-2-10/h7-8,10H,1-6,14H2,(H2,15,19). The van der Waals surface area contributed by atoms with E-state index in [9.17, 15) is 4.79 Å². The number of hydrogen-bond donors (Lipinski definition) is 2. The third-order valence-corrected chi connectivity index (χ3v) is 3.83. The van der Waals surface area contributed by atoms with Gasteiger partial charge in [0.25, 0.3) is 5.91 Å². The molecule has 1 aliphatic heterocycles. The van der Waals surface area contributed by atoms with E-state index in [1.165, 1.54) is 12.8 Å². The van der Waals surface area contributed by atoms with Gasteiger partial charge in [-0.25, -0.2) is 4.98 Å². The van der Waals surface area contributed by atoms with Gasteiger partial charge in [-0.3, -0.25) is 9.69 Å². The lowest BCUT2D eigenvalue weighted by molar-refractivity contribution is 0.1000. The number of rotatable bonds is 3. The number of primary amides is 1. The van der Waals surface area contributed by atoms with Crippen molar-refractivity contribution in [2.24, 2.45) is 5.73 Å². The monoisotopic (exact) mass is 261 g/mol. The van der Waals surface area contributed by atoms with Gasteiger partial charge in [-0.15, -0.1) is 0 Å². The van der Waals surface area contributed by atoms with Gasteiger partial charge in [0.05, 0.1) is 17.4 Å². The molecule has 1 amide bonds. The number of anilines is 2. The maximum absolute atomic E-state index is 11.5. The van der Waals surface area contributed by atoms with E-state index in [1.807, 2.05) is 0 Å². The number of amides is 1. The van der Waals surface area contributed by atoms with Crippen LogP contribution in [0.1, 0.15) is 23.2 Å². The zero-order valence-corrected chi connectivity index (χ0v) is 10.9. The minimum Gasteiger partial charge on any atom is -0.397 e. The van der Waals surface area contributed by atoms with Crippen LogP contribution in [0.25, 0.3) is 0 Å². The molecule has 0 unspecified atom stereocenters. The minimum absolute atomic E-state index is 0.417. The number of piperazine rings is 1. The summed E-state index contributed by atoms with van der Waals surface area (Å²) in [6.45, 7) is 3.81. The van der Waals surface area contributed by atoms with Crippen molar-refractivity contribution in [2.45, 2.75) is 18.9 Å². The molecule has 1 saturated heterocycles. The van der Waals surface area contributed by atoms with E-state index in [0.717, 1.165) is 32.2 Å². The molecule has 2 fully saturated rings. The Morgan fingerprint density at radius 3 is 2.53 bits per heavy atom. The minimum atomic E-state index is -0.473. The van der Waals surface area contributed by atoms with Gasteiger partial charge in [-0.2, -0.15) is 0 Å². The second-order valence-corrected chi connectivity index (χ2v) is 5.26. The van der Waals surface area contributed by atoms with Gasteiger partial charge in [-0.05, 0) is 18.9 Å². The highest BCUT2D eigenvalue weighted by atomic mass is 16.1. The van der Waals surface area contributed by atoms with Gasteiger partial charge >= 0.3 is 0 Å². The fourth-order valence-corrected chi connectivity index (χ4v) is 2.65. The second kappa shape index (κ2) is 4.70. The van der Waals surface area contributed by atoms with Crippen molar-refractivity contribution in [1.82, 2.24) is 9.88 Å². The molecule has 1 aromatic heterocycles. The molecule has 102 valence electrons. The van der Waals surface area contributed by atoms with E-state index in [1.54, 1.807) is 12.3 Å². The van der Waals surface area contributed by atoms with Crippen LogP contribution < -0.4 is 16.4 Å². The predicted octanol–water partition coefficient (Wildman–Crippen LogP) is 0.0471. The van der Waals surface area contributed by atoms with Crippen LogP contribution >= 0.6 is 0 Å². The Balaban J connectivity index is 1.77. The van der Waals surface area contributed by atoms with Crippen LogP contribution in [0.3, 0.4) is 0 Å². The van der Waals surface area contributed by atoms with E-state index in [2.05, 4.69) is 14.8 Å². The quantitative estimate of drug-likeness (QED) is 0.802. The van der Waals surface area contributed by atoms with Crippen LogP contribution in [-0.4, -0.2) is 48.0 Å². The Labute approximate surface area is 112 Å². The van der Waals surface area contributed by atoms with E-state index >= 15 is 0 Å². The third-order valence-electron chi connectivity index (χ3n) is 3.83. The maximum atomic E-state index is 11.5. The lowest BCUT2D eigenvalue weighted by atomic mass is 10.2. The summed E-state index contributed by atoms with van der Waals surface area (Å²) in [6, 6.07) is 2.40. The summed E-state index contributed by atoms with van der Waals surface area (Å²) in [5.41, 5.74) is 12.0. The van der Waals surface area contributed by atoms with Crippen LogP contribution in [0.5, 0.6) is 0 Å². The first kappa shape index (κ1) is 12.2. The fourth-order valence-electron chi connectivity index (χ4n) is 2.65. The van der Waals surface area contributed by atoms with E-state index in [-0.39, 0.29) is 0 Å². The van der Waals surface area contributed by atoms with Crippen LogP contribution in [0.2, 0.25) is 0 Å². The molecular weight excluding hydrogens is 242 g/mol. The van der Waals surface area contributed by atoms with Gasteiger partial charge in [0.15, 0.2) is 0 Å². The Morgan fingerprint density at radius 1 is 1.26 bits per heavy atom. The lowest BCUT2D eigenvalue weighted by Crippen LogP contribution is -2.48. The average Bonchev–Trinajstić information content (AvgIpc) is 3.23. The molecule has 0 spiro atoms. The Kier molecular flexibility index (Phi) is 3.02. The topological polar surface area (TPSA) is 88.5 Å². The molecule has 2 heterocycles. The Morgan fingerprint density at radius 2 is 1.95 bits per heavy atom. The van der Waals surface area contributed by atoms with Gasteiger partial charge in [0, 0.05) is 32.2 Å². The van der Waals surface area contributed by atoms with Crippen LogP contribution in [0.4, 0.5) is 11.5 Å². The molecule has 0 atom stereocenters.